The second-order valence-corrected chi connectivity index (χ2v) is 14.2. The summed E-state index contributed by atoms with van der Waals surface area (Å²) in [6.45, 7) is 4.25. The number of hydrogen-bond donors (Lipinski definition) is 3. The van der Waals surface area contributed by atoms with Crippen LogP contribution >= 0.6 is 35.3 Å². The number of benzene rings is 1. The van der Waals surface area contributed by atoms with E-state index in [0.29, 0.717) is 18.6 Å². The summed E-state index contributed by atoms with van der Waals surface area (Å²) in [5.74, 6) is 0.459. The van der Waals surface area contributed by atoms with E-state index >= 15 is 0 Å². The van der Waals surface area contributed by atoms with Gasteiger partial charge >= 0.3 is 5.97 Å². The number of rotatable bonds is 10. The normalized spacial score (nSPS) is 23.5. The van der Waals surface area contributed by atoms with Gasteiger partial charge in [-0.05, 0) is 49.8 Å². The lowest BCUT2D eigenvalue weighted by Gasteiger charge is -2.41. The molecule has 2 heterocycles. The molecule has 0 saturated carbocycles. The van der Waals surface area contributed by atoms with E-state index in [1.54, 1.807) is 40.2 Å². The van der Waals surface area contributed by atoms with E-state index in [1.165, 1.54) is 7.11 Å². The SMILES string of the molecule is COC(=O)[C@H](CCSC)NC(=O)[C@@H]1Cc2ccccc2CN1C(=O)[C@@H](N)C(C)(C)SC1CC(N)CS1. The number of nitrogens with zero attached hydrogens (tertiary/aromatic N) is 1. The molecule has 5 atom stereocenters. The quantitative estimate of drug-likeness (QED) is 0.372. The fourth-order valence-electron chi connectivity index (χ4n) is 4.47. The molecule has 0 aliphatic carbocycles. The van der Waals surface area contributed by atoms with Crippen LogP contribution in [-0.2, 0) is 32.1 Å². The highest BCUT2D eigenvalue weighted by Crippen LogP contribution is 2.43. The van der Waals surface area contributed by atoms with Gasteiger partial charge in [0, 0.05) is 29.5 Å². The number of carbonyl (C=O) groups is 3. The molecule has 11 heteroatoms. The van der Waals surface area contributed by atoms with Gasteiger partial charge in [-0.25, -0.2) is 4.79 Å². The summed E-state index contributed by atoms with van der Waals surface area (Å²) in [4.78, 5) is 41.3. The van der Waals surface area contributed by atoms with E-state index in [9.17, 15) is 14.4 Å². The maximum Gasteiger partial charge on any atom is 0.328 e. The second-order valence-electron chi connectivity index (χ2n) is 9.78. The third-order valence-corrected chi connectivity index (χ3v) is 10.5. The van der Waals surface area contributed by atoms with E-state index in [1.807, 2.05) is 44.4 Å². The Morgan fingerprint density at radius 3 is 2.58 bits per heavy atom. The van der Waals surface area contributed by atoms with Gasteiger partial charge in [-0.3, -0.25) is 9.59 Å². The molecule has 0 spiro atoms. The Bertz CT molecular complexity index is 948. The van der Waals surface area contributed by atoms with Crippen molar-refractivity contribution in [3.8, 4) is 0 Å². The number of carbonyl (C=O) groups excluding carboxylic acids is 3. The average molecular weight is 555 g/mol. The van der Waals surface area contributed by atoms with Crippen molar-refractivity contribution in [3.05, 3.63) is 35.4 Å². The minimum atomic E-state index is -0.812. The molecular formula is C25H38N4O4S3. The van der Waals surface area contributed by atoms with Crippen LogP contribution in [0.25, 0.3) is 0 Å². The molecule has 2 amide bonds. The summed E-state index contributed by atoms with van der Waals surface area (Å²) in [6.07, 6.45) is 3.62. The summed E-state index contributed by atoms with van der Waals surface area (Å²) < 4.78 is 4.64. The van der Waals surface area contributed by atoms with Crippen LogP contribution in [0.5, 0.6) is 0 Å². The van der Waals surface area contributed by atoms with E-state index < -0.39 is 28.8 Å². The summed E-state index contributed by atoms with van der Waals surface area (Å²) in [5.41, 5.74) is 14.7. The van der Waals surface area contributed by atoms with Gasteiger partial charge in [0.1, 0.15) is 12.1 Å². The Labute approximate surface area is 226 Å². The van der Waals surface area contributed by atoms with Gasteiger partial charge in [-0.15, -0.1) is 23.5 Å². The van der Waals surface area contributed by atoms with Gasteiger partial charge < -0.3 is 26.4 Å². The van der Waals surface area contributed by atoms with Crippen molar-refractivity contribution in [2.75, 3.05) is 24.9 Å². The first-order valence-electron chi connectivity index (χ1n) is 12.1. The molecule has 8 nitrogen and oxygen atoms in total. The van der Waals surface area contributed by atoms with Gasteiger partial charge in [-0.2, -0.15) is 11.8 Å². The van der Waals surface area contributed by atoms with Crippen LogP contribution < -0.4 is 16.8 Å². The Morgan fingerprint density at radius 2 is 1.97 bits per heavy atom. The lowest BCUT2D eigenvalue weighted by Crippen LogP contribution is -2.61. The molecule has 2 aliphatic heterocycles. The molecule has 3 rings (SSSR count). The summed E-state index contributed by atoms with van der Waals surface area (Å²) in [5, 5.41) is 2.85. The highest BCUT2D eigenvalue weighted by atomic mass is 32.2. The number of amides is 2. The smallest absolute Gasteiger partial charge is 0.328 e. The van der Waals surface area contributed by atoms with E-state index in [-0.39, 0.29) is 29.0 Å². The topological polar surface area (TPSA) is 128 Å². The Morgan fingerprint density at radius 1 is 1.28 bits per heavy atom. The van der Waals surface area contributed by atoms with Gasteiger partial charge in [0.2, 0.25) is 11.8 Å². The lowest BCUT2D eigenvalue weighted by atomic mass is 9.91. The molecule has 200 valence electrons. The van der Waals surface area contributed by atoms with Gasteiger partial charge in [0.25, 0.3) is 0 Å². The third-order valence-electron chi connectivity index (χ3n) is 6.69. The predicted octanol–water partition coefficient (Wildman–Crippen LogP) is 1.98. The number of hydrogen-bond acceptors (Lipinski definition) is 9. The summed E-state index contributed by atoms with van der Waals surface area (Å²) in [7, 11) is 1.31. The van der Waals surface area contributed by atoms with E-state index in [4.69, 9.17) is 16.2 Å². The van der Waals surface area contributed by atoms with Crippen molar-refractivity contribution in [1.29, 1.82) is 0 Å². The van der Waals surface area contributed by atoms with Crippen LogP contribution in [0.3, 0.4) is 0 Å². The van der Waals surface area contributed by atoms with Crippen LogP contribution in [0.1, 0.15) is 37.8 Å². The number of esters is 1. The van der Waals surface area contributed by atoms with Crippen LogP contribution in [0, 0.1) is 0 Å². The van der Waals surface area contributed by atoms with Gasteiger partial charge in [0.15, 0.2) is 0 Å². The molecule has 0 radical (unpaired) electrons. The van der Waals surface area contributed by atoms with Crippen molar-refractivity contribution in [1.82, 2.24) is 10.2 Å². The van der Waals surface area contributed by atoms with E-state index in [2.05, 4.69) is 5.32 Å². The zero-order chi connectivity index (χ0) is 26.5. The van der Waals surface area contributed by atoms with Crippen LogP contribution in [-0.4, -0.2) is 81.1 Å². The lowest BCUT2D eigenvalue weighted by molar-refractivity contribution is -0.147. The summed E-state index contributed by atoms with van der Waals surface area (Å²) >= 11 is 5.07. The van der Waals surface area contributed by atoms with Crippen molar-refractivity contribution < 1.29 is 19.1 Å². The van der Waals surface area contributed by atoms with Gasteiger partial charge in [-0.1, -0.05) is 24.3 Å². The maximum atomic E-state index is 13.8. The molecule has 0 bridgehead atoms. The minimum Gasteiger partial charge on any atom is -0.467 e. The largest absolute Gasteiger partial charge is 0.467 e. The van der Waals surface area contributed by atoms with Gasteiger partial charge in [0.05, 0.1) is 17.7 Å². The van der Waals surface area contributed by atoms with E-state index in [0.717, 1.165) is 23.3 Å². The molecule has 0 aromatic heterocycles. The number of nitrogens with one attached hydrogen (secondary N) is 1. The molecule has 2 unspecified atom stereocenters. The number of nitrogens with two attached hydrogens (primary N) is 2. The Balaban J connectivity index is 1.82. The maximum absolute atomic E-state index is 13.8. The average Bonchev–Trinajstić information content (AvgIpc) is 3.27. The van der Waals surface area contributed by atoms with Crippen LogP contribution in [0.15, 0.2) is 24.3 Å². The predicted molar refractivity (Wildman–Crippen MR) is 150 cm³/mol. The number of thioether (sulfide) groups is 3. The summed E-state index contributed by atoms with van der Waals surface area (Å²) in [6, 6.07) is 5.62. The molecule has 1 fully saturated rings. The molecule has 36 heavy (non-hydrogen) atoms. The van der Waals surface area contributed by atoms with Crippen LogP contribution in [0.4, 0.5) is 0 Å². The first-order valence-corrected chi connectivity index (χ1v) is 15.4. The van der Waals surface area contributed by atoms with Crippen molar-refractivity contribution in [3.63, 3.8) is 0 Å². The fraction of sp³-hybridized carbons (Fsp3) is 0.640. The highest BCUT2D eigenvalue weighted by Gasteiger charge is 2.43. The fourth-order valence-corrected chi connectivity index (χ4v) is 8.44. The second kappa shape index (κ2) is 12.9. The third kappa shape index (κ3) is 7.12. The van der Waals surface area contributed by atoms with Crippen molar-refractivity contribution in [2.24, 2.45) is 11.5 Å². The standard InChI is InChI=1S/C25H38N4O4S3/c1-25(2,36-20-12-17(26)14-35-20)21(27)23(31)29-13-16-8-6-5-7-15(16)11-19(29)22(30)28-18(9-10-34-4)24(32)33-3/h5-8,17-21H,9-14,26-27H2,1-4H3,(H,28,30)/t17?,18-,19-,20?,21+/m0/s1. The Hall–Kier alpha value is -1.40. The Kier molecular flexibility index (Phi) is 10.5. The molecule has 5 N–H and O–H groups in total. The van der Waals surface area contributed by atoms with Crippen molar-refractivity contribution >= 4 is 53.1 Å². The molecule has 1 saturated heterocycles. The zero-order valence-corrected chi connectivity index (χ0v) is 23.8. The van der Waals surface area contributed by atoms with Crippen LogP contribution in [0.2, 0.25) is 0 Å². The first kappa shape index (κ1) is 29.2. The first-order chi connectivity index (χ1) is 17.1. The molecule has 1 aromatic rings. The number of ether oxygens (including phenoxy) is 1. The number of fused-ring (bicyclic) bond motifs is 1. The monoisotopic (exact) mass is 554 g/mol. The van der Waals surface area contributed by atoms with Crippen molar-refractivity contribution in [2.45, 2.75) is 73.2 Å². The zero-order valence-electron chi connectivity index (χ0n) is 21.4. The highest BCUT2D eigenvalue weighted by molar-refractivity contribution is 8.17. The number of methoxy groups -OCH3 is 1. The molecular weight excluding hydrogens is 517 g/mol. The molecule has 1 aromatic carbocycles. The minimum absolute atomic E-state index is 0.163. The molecule has 2 aliphatic rings.